The number of carbonyl (C=O) groups excluding carboxylic acids is 2. The first-order chi connectivity index (χ1) is 20.0. The Morgan fingerprint density at radius 2 is 1.73 bits per heavy atom. The molecular formula is C31H29FN4O4S. The predicted octanol–water partition coefficient (Wildman–Crippen LogP) is 4.72. The molecule has 1 fully saturated rings. The van der Waals surface area contributed by atoms with Crippen LogP contribution < -0.4 is 9.64 Å². The van der Waals surface area contributed by atoms with Gasteiger partial charge in [0.2, 0.25) is 11.8 Å². The van der Waals surface area contributed by atoms with E-state index < -0.39 is 5.25 Å². The lowest BCUT2D eigenvalue weighted by atomic mass is 9.99. The summed E-state index contributed by atoms with van der Waals surface area (Å²) in [4.78, 5) is 30.6. The summed E-state index contributed by atoms with van der Waals surface area (Å²) in [7, 11) is 1.59. The van der Waals surface area contributed by atoms with E-state index in [1.807, 2.05) is 54.6 Å². The summed E-state index contributed by atoms with van der Waals surface area (Å²) >= 11 is 1.34. The van der Waals surface area contributed by atoms with Gasteiger partial charge in [-0.15, -0.1) is 11.8 Å². The summed E-state index contributed by atoms with van der Waals surface area (Å²) in [6.45, 7) is 1.68. The number of benzene rings is 3. The average molecular weight is 573 g/mol. The fraction of sp³-hybridized carbons (Fsp3) is 0.258. The normalized spacial score (nSPS) is 17.2. The van der Waals surface area contributed by atoms with Gasteiger partial charge in [-0.1, -0.05) is 48.5 Å². The molecule has 0 bridgehead atoms. The fourth-order valence-electron chi connectivity index (χ4n) is 5.21. The maximum Gasteiger partial charge on any atom is 0.242 e. The molecule has 41 heavy (non-hydrogen) atoms. The van der Waals surface area contributed by atoms with Gasteiger partial charge in [-0.2, -0.15) is 5.10 Å². The Bertz CT molecular complexity index is 1550. The van der Waals surface area contributed by atoms with Crippen molar-refractivity contribution in [3.8, 4) is 22.7 Å². The third-order valence-corrected chi connectivity index (χ3v) is 8.53. The average Bonchev–Trinajstić information content (AvgIpc) is 3.35. The van der Waals surface area contributed by atoms with Crippen molar-refractivity contribution in [3.63, 3.8) is 0 Å². The van der Waals surface area contributed by atoms with Crippen LogP contribution in [-0.2, 0) is 14.3 Å². The first-order valence-electron chi connectivity index (χ1n) is 13.4. The van der Waals surface area contributed by atoms with Crippen molar-refractivity contribution in [2.24, 2.45) is 0 Å². The summed E-state index contributed by atoms with van der Waals surface area (Å²) in [6.07, 6.45) is 0. The number of aromatic nitrogens is 2. The van der Waals surface area contributed by atoms with Crippen LogP contribution in [0.15, 0.2) is 78.9 Å². The molecule has 1 atom stereocenters. The summed E-state index contributed by atoms with van der Waals surface area (Å²) in [5.74, 6) is 0.416. The molecule has 2 aliphatic rings. The molecule has 0 saturated carbocycles. The van der Waals surface area contributed by atoms with E-state index in [4.69, 9.17) is 14.6 Å². The van der Waals surface area contributed by atoms with Crippen LogP contribution in [-0.4, -0.2) is 72.2 Å². The zero-order valence-corrected chi connectivity index (χ0v) is 23.4. The highest BCUT2D eigenvalue weighted by molar-refractivity contribution is 8.00. The molecule has 8 nitrogen and oxygen atoms in total. The molecule has 1 aromatic heterocycles. The molecule has 4 aromatic rings. The number of ether oxygens (including phenoxy) is 2. The summed E-state index contributed by atoms with van der Waals surface area (Å²) in [5.41, 5.74) is 3.27. The van der Waals surface area contributed by atoms with Crippen molar-refractivity contribution in [3.05, 3.63) is 95.8 Å². The SMILES string of the molecule is COc1ccc(-n2nc(-c3ccccc3)c3c2N(CC(=O)N2CCOCC2)C(=O)CSC3c2ccccc2F)cc1. The fourth-order valence-corrected chi connectivity index (χ4v) is 6.43. The van der Waals surface area contributed by atoms with Crippen molar-refractivity contribution in [1.29, 1.82) is 0 Å². The Hall–Kier alpha value is -4.15. The lowest BCUT2D eigenvalue weighted by Gasteiger charge is -2.30. The second-order valence-corrected chi connectivity index (χ2v) is 10.8. The van der Waals surface area contributed by atoms with Gasteiger partial charge in [-0.25, -0.2) is 9.07 Å². The number of carbonyl (C=O) groups is 2. The van der Waals surface area contributed by atoms with E-state index in [-0.39, 0.29) is 29.9 Å². The second kappa shape index (κ2) is 11.8. The van der Waals surface area contributed by atoms with Crippen LogP contribution in [0.5, 0.6) is 5.75 Å². The minimum absolute atomic E-state index is 0.0704. The molecule has 3 aromatic carbocycles. The zero-order chi connectivity index (χ0) is 28.3. The van der Waals surface area contributed by atoms with Gasteiger partial charge in [0.25, 0.3) is 0 Å². The van der Waals surface area contributed by atoms with Crippen LogP contribution in [0, 0.1) is 5.82 Å². The Balaban J connectivity index is 1.59. The quantitative estimate of drug-likeness (QED) is 0.333. The van der Waals surface area contributed by atoms with E-state index in [0.717, 1.165) is 5.56 Å². The number of halogens is 1. The molecule has 2 aliphatic heterocycles. The van der Waals surface area contributed by atoms with E-state index in [9.17, 15) is 9.59 Å². The molecule has 1 saturated heterocycles. The number of amides is 2. The van der Waals surface area contributed by atoms with Gasteiger partial charge in [-0.3, -0.25) is 14.5 Å². The molecule has 0 N–H and O–H groups in total. The van der Waals surface area contributed by atoms with E-state index in [1.54, 1.807) is 34.9 Å². The second-order valence-electron chi connectivity index (χ2n) is 9.75. The highest BCUT2D eigenvalue weighted by Gasteiger charge is 2.39. The van der Waals surface area contributed by atoms with Gasteiger partial charge in [0.1, 0.15) is 23.9 Å². The number of fused-ring (bicyclic) bond motifs is 1. The van der Waals surface area contributed by atoms with E-state index in [0.29, 0.717) is 60.4 Å². The third-order valence-electron chi connectivity index (χ3n) is 7.30. The van der Waals surface area contributed by atoms with Crippen LogP contribution in [0.3, 0.4) is 0 Å². The molecule has 6 rings (SSSR count). The van der Waals surface area contributed by atoms with Crippen LogP contribution in [0.1, 0.15) is 16.4 Å². The van der Waals surface area contributed by atoms with Crippen LogP contribution in [0.2, 0.25) is 0 Å². The molecule has 1 unspecified atom stereocenters. The van der Waals surface area contributed by atoms with Crippen molar-refractivity contribution in [2.75, 3.05) is 50.6 Å². The number of anilines is 1. The van der Waals surface area contributed by atoms with Crippen molar-refractivity contribution >= 4 is 29.4 Å². The van der Waals surface area contributed by atoms with Crippen molar-refractivity contribution in [2.45, 2.75) is 5.25 Å². The Labute approximate surface area is 241 Å². The third kappa shape index (κ3) is 5.32. The van der Waals surface area contributed by atoms with Crippen LogP contribution in [0.4, 0.5) is 10.2 Å². The first kappa shape index (κ1) is 27.0. The highest BCUT2D eigenvalue weighted by Crippen LogP contribution is 2.49. The van der Waals surface area contributed by atoms with Crippen LogP contribution >= 0.6 is 11.8 Å². The van der Waals surface area contributed by atoms with Gasteiger partial charge in [0.05, 0.1) is 42.7 Å². The highest BCUT2D eigenvalue weighted by atomic mass is 32.2. The Kier molecular flexibility index (Phi) is 7.76. The molecule has 210 valence electrons. The first-order valence-corrected chi connectivity index (χ1v) is 14.4. The Morgan fingerprint density at radius 3 is 2.44 bits per heavy atom. The van der Waals surface area contributed by atoms with E-state index in [1.165, 1.54) is 22.7 Å². The summed E-state index contributed by atoms with van der Waals surface area (Å²) < 4.78 is 27.8. The maximum atomic E-state index is 15.4. The van der Waals surface area contributed by atoms with Gasteiger partial charge in [0, 0.05) is 29.8 Å². The maximum absolute atomic E-state index is 15.4. The van der Waals surface area contributed by atoms with Gasteiger partial charge in [0.15, 0.2) is 0 Å². The topological polar surface area (TPSA) is 76.9 Å². The largest absolute Gasteiger partial charge is 0.497 e. The molecule has 0 spiro atoms. The minimum atomic E-state index is -0.541. The lowest BCUT2D eigenvalue weighted by molar-refractivity contribution is -0.134. The van der Waals surface area contributed by atoms with Gasteiger partial charge in [-0.05, 0) is 30.3 Å². The standard InChI is InChI=1S/C31H29FN4O4S/c1-39-23-13-11-22(12-14-23)36-31-28(29(33-36)21-7-3-2-4-8-21)30(24-9-5-6-10-25(24)32)41-20-27(38)35(31)19-26(37)34-15-17-40-18-16-34/h2-14,30H,15-20H2,1H3. The Morgan fingerprint density at radius 1 is 1.02 bits per heavy atom. The predicted molar refractivity (Wildman–Crippen MR) is 156 cm³/mol. The number of rotatable bonds is 6. The molecular weight excluding hydrogens is 543 g/mol. The van der Waals surface area contributed by atoms with Crippen molar-refractivity contribution < 1.29 is 23.5 Å². The smallest absolute Gasteiger partial charge is 0.242 e. The van der Waals surface area contributed by atoms with Gasteiger partial charge < -0.3 is 14.4 Å². The molecule has 10 heteroatoms. The molecule has 3 heterocycles. The number of thioether (sulfide) groups is 1. The van der Waals surface area contributed by atoms with Gasteiger partial charge >= 0.3 is 0 Å². The van der Waals surface area contributed by atoms with Crippen molar-refractivity contribution in [1.82, 2.24) is 14.7 Å². The van der Waals surface area contributed by atoms with E-state index >= 15 is 4.39 Å². The molecule has 0 radical (unpaired) electrons. The minimum Gasteiger partial charge on any atom is -0.497 e. The van der Waals surface area contributed by atoms with Crippen LogP contribution in [0.25, 0.3) is 16.9 Å². The molecule has 0 aliphatic carbocycles. The number of morpholine rings is 1. The summed E-state index contributed by atoms with van der Waals surface area (Å²) in [6, 6.07) is 23.6. The zero-order valence-electron chi connectivity index (χ0n) is 22.5. The summed E-state index contributed by atoms with van der Waals surface area (Å²) in [5, 5.41) is 4.50. The monoisotopic (exact) mass is 572 g/mol. The number of hydrogen-bond acceptors (Lipinski definition) is 6. The van der Waals surface area contributed by atoms with E-state index in [2.05, 4.69) is 0 Å². The number of nitrogens with zero attached hydrogens (tertiary/aromatic N) is 4. The lowest BCUT2D eigenvalue weighted by Crippen LogP contribution is -2.48. The molecule has 2 amide bonds. The number of hydrogen-bond donors (Lipinski definition) is 0. The number of methoxy groups -OCH3 is 1.